The Kier molecular flexibility index (Phi) is 3.55. The molecular formula is C16H13BFNO. The number of aliphatic imine (C=N–C) groups is 1. The molecule has 2 aromatic rings. The zero-order valence-electron chi connectivity index (χ0n) is 10.9. The van der Waals surface area contributed by atoms with Crippen LogP contribution in [0.5, 0.6) is 0 Å². The minimum atomic E-state index is -0.550. The van der Waals surface area contributed by atoms with Gasteiger partial charge in [0.05, 0.1) is 0 Å². The Balaban J connectivity index is 1.87. The molecule has 2 radical (unpaired) electrons. The molecule has 0 amide bonds. The molecule has 1 heterocycles. The first kappa shape index (κ1) is 12.9. The van der Waals surface area contributed by atoms with Gasteiger partial charge in [0.15, 0.2) is 6.10 Å². The lowest BCUT2D eigenvalue weighted by Crippen LogP contribution is -2.17. The Bertz CT molecular complexity index is 612. The first-order valence-electron chi connectivity index (χ1n) is 6.49. The summed E-state index contributed by atoms with van der Waals surface area (Å²) in [5.74, 6) is 0.495. The first-order valence-corrected chi connectivity index (χ1v) is 6.49. The van der Waals surface area contributed by atoms with Gasteiger partial charge in [-0.05, 0) is 17.7 Å². The average Bonchev–Trinajstić information content (AvgIpc) is 2.93. The van der Waals surface area contributed by atoms with Gasteiger partial charge in [-0.25, -0.2) is 9.38 Å². The van der Waals surface area contributed by atoms with E-state index in [4.69, 9.17) is 12.6 Å². The van der Waals surface area contributed by atoms with E-state index in [1.165, 1.54) is 0 Å². The lowest BCUT2D eigenvalue weighted by molar-refractivity contribution is 0.181. The number of alkyl halides is 1. The number of halogens is 1. The number of benzene rings is 2. The third kappa shape index (κ3) is 2.46. The highest BCUT2D eigenvalue weighted by molar-refractivity contribution is 6.32. The van der Waals surface area contributed by atoms with Crippen LogP contribution in [0.1, 0.15) is 17.2 Å². The fourth-order valence-corrected chi connectivity index (χ4v) is 2.26. The van der Waals surface area contributed by atoms with Crippen molar-refractivity contribution in [3.63, 3.8) is 0 Å². The molecule has 0 unspecified atom stereocenters. The predicted molar refractivity (Wildman–Crippen MR) is 78.4 cm³/mol. The largest absolute Gasteiger partial charge is 0.467 e. The molecule has 0 spiro atoms. The summed E-state index contributed by atoms with van der Waals surface area (Å²) in [6.45, 7) is -0.550. The molecule has 0 aromatic heterocycles. The summed E-state index contributed by atoms with van der Waals surface area (Å²) < 4.78 is 19.0. The summed E-state index contributed by atoms with van der Waals surface area (Å²) in [5, 5.41) is 0. The molecule has 2 nitrogen and oxygen atoms in total. The van der Waals surface area contributed by atoms with Gasteiger partial charge in [-0.1, -0.05) is 47.9 Å². The summed E-state index contributed by atoms with van der Waals surface area (Å²) in [6, 6.07) is 16.3. The number of rotatable bonds is 3. The second-order valence-corrected chi connectivity index (χ2v) is 4.73. The van der Waals surface area contributed by atoms with Crippen molar-refractivity contribution in [1.29, 1.82) is 0 Å². The van der Waals surface area contributed by atoms with Crippen molar-refractivity contribution in [3.8, 4) is 0 Å². The number of hydrogen-bond donors (Lipinski definition) is 0. The second kappa shape index (κ2) is 5.49. The maximum absolute atomic E-state index is 13.2. The van der Waals surface area contributed by atoms with Crippen molar-refractivity contribution in [3.05, 3.63) is 65.7 Å². The van der Waals surface area contributed by atoms with Crippen LogP contribution >= 0.6 is 0 Å². The van der Waals surface area contributed by atoms with E-state index < -0.39 is 18.8 Å². The molecule has 3 rings (SSSR count). The molecule has 20 heavy (non-hydrogen) atoms. The van der Waals surface area contributed by atoms with Gasteiger partial charge in [0, 0.05) is 5.56 Å². The standard InChI is InChI=1S/C16H13BFNO/c17-13-8-6-11(7-9-13)15-14(10-18)19-16(20-15)12-4-2-1-3-5-12/h1-9,14-15H,10H2/t14-,15-/m1/s1. The number of hydrogen-bond acceptors (Lipinski definition) is 2. The molecule has 0 saturated carbocycles. The van der Waals surface area contributed by atoms with Gasteiger partial charge in [-0.3, -0.25) is 0 Å². The minimum Gasteiger partial charge on any atom is -0.467 e. The fourth-order valence-electron chi connectivity index (χ4n) is 2.26. The Labute approximate surface area is 118 Å². The molecule has 1 aliphatic heterocycles. The summed E-state index contributed by atoms with van der Waals surface area (Å²) in [6.07, 6.45) is -0.393. The van der Waals surface area contributed by atoms with E-state index >= 15 is 0 Å². The normalized spacial score (nSPS) is 21.4. The van der Waals surface area contributed by atoms with Gasteiger partial charge >= 0.3 is 0 Å². The van der Waals surface area contributed by atoms with Crippen LogP contribution in [-0.4, -0.2) is 26.5 Å². The molecule has 2 atom stereocenters. The van der Waals surface area contributed by atoms with Gasteiger partial charge in [0.2, 0.25) is 5.90 Å². The zero-order chi connectivity index (χ0) is 13.9. The third-order valence-corrected chi connectivity index (χ3v) is 3.31. The highest BCUT2D eigenvalue weighted by Gasteiger charge is 2.32. The van der Waals surface area contributed by atoms with E-state index in [-0.39, 0.29) is 0 Å². The first-order chi connectivity index (χ1) is 9.78. The van der Waals surface area contributed by atoms with Crippen LogP contribution in [0, 0.1) is 0 Å². The van der Waals surface area contributed by atoms with Crippen molar-refractivity contribution >= 4 is 19.2 Å². The number of ether oxygens (including phenoxy) is 1. The molecule has 4 heteroatoms. The summed E-state index contributed by atoms with van der Waals surface area (Å²) in [7, 11) is 5.67. The quantitative estimate of drug-likeness (QED) is 0.780. The maximum atomic E-state index is 13.2. The van der Waals surface area contributed by atoms with E-state index in [1.807, 2.05) is 42.5 Å². The Morgan fingerprint density at radius 2 is 1.75 bits per heavy atom. The predicted octanol–water partition coefficient (Wildman–Crippen LogP) is 2.34. The van der Waals surface area contributed by atoms with Crippen molar-refractivity contribution in [2.45, 2.75) is 12.1 Å². The fraction of sp³-hybridized carbons (Fsp3) is 0.188. The topological polar surface area (TPSA) is 21.6 Å². The Morgan fingerprint density at radius 3 is 2.40 bits per heavy atom. The van der Waals surface area contributed by atoms with Gasteiger partial charge < -0.3 is 4.74 Å². The maximum Gasteiger partial charge on any atom is 0.217 e. The highest BCUT2D eigenvalue weighted by Crippen LogP contribution is 2.31. The van der Waals surface area contributed by atoms with E-state index in [2.05, 4.69) is 4.99 Å². The monoisotopic (exact) mass is 265 g/mol. The van der Waals surface area contributed by atoms with Crippen molar-refractivity contribution in [2.75, 3.05) is 6.67 Å². The summed E-state index contributed by atoms with van der Waals surface area (Å²) in [5.41, 5.74) is 2.42. The molecule has 0 bridgehead atoms. The lowest BCUT2D eigenvalue weighted by atomic mass is 9.93. The van der Waals surface area contributed by atoms with Gasteiger partial charge in [-0.15, -0.1) is 0 Å². The molecule has 98 valence electrons. The molecule has 0 saturated heterocycles. The van der Waals surface area contributed by atoms with Gasteiger partial charge in [0.1, 0.15) is 20.6 Å². The van der Waals surface area contributed by atoms with E-state index in [0.717, 1.165) is 11.1 Å². The molecule has 0 fully saturated rings. The number of nitrogens with zero attached hydrogens (tertiary/aromatic N) is 1. The summed E-state index contributed by atoms with van der Waals surface area (Å²) >= 11 is 0. The Morgan fingerprint density at radius 1 is 1.05 bits per heavy atom. The van der Waals surface area contributed by atoms with Gasteiger partial charge in [-0.2, -0.15) is 0 Å². The molecule has 2 aromatic carbocycles. The summed E-state index contributed by atoms with van der Waals surface area (Å²) in [4.78, 5) is 4.35. The van der Waals surface area contributed by atoms with Crippen LogP contribution in [0.15, 0.2) is 59.6 Å². The van der Waals surface area contributed by atoms with E-state index in [1.54, 1.807) is 12.1 Å². The molecule has 0 N–H and O–H groups in total. The van der Waals surface area contributed by atoms with Crippen LogP contribution in [0.2, 0.25) is 0 Å². The van der Waals surface area contributed by atoms with Crippen LogP contribution in [0.4, 0.5) is 4.39 Å². The van der Waals surface area contributed by atoms with Crippen LogP contribution in [0.25, 0.3) is 0 Å². The van der Waals surface area contributed by atoms with E-state index in [0.29, 0.717) is 11.4 Å². The van der Waals surface area contributed by atoms with E-state index in [9.17, 15) is 4.39 Å². The van der Waals surface area contributed by atoms with Crippen LogP contribution < -0.4 is 5.46 Å². The average molecular weight is 265 g/mol. The lowest BCUT2D eigenvalue weighted by Gasteiger charge is -2.16. The second-order valence-electron chi connectivity index (χ2n) is 4.73. The van der Waals surface area contributed by atoms with Crippen molar-refractivity contribution < 1.29 is 9.13 Å². The SMILES string of the molecule is [B]c1ccc([C@H]2OC(c3ccccc3)=N[C@@H]2CF)cc1. The minimum absolute atomic E-state index is 0.393. The van der Waals surface area contributed by atoms with Crippen LogP contribution in [0.3, 0.4) is 0 Å². The third-order valence-electron chi connectivity index (χ3n) is 3.31. The Hall–Kier alpha value is -2.10. The molecule has 1 aliphatic rings. The molecular weight excluding hydrogens is 252 g/mol. The van der Waals surface area contributed by atoms with Gasteiger partial charge in [0.25, 0.3) is 0 Å². The highest BCUT2D eigenvalue weighted by atomic mass is 19.1. The van der Waals surface area contributed by atoms with Crippen LogP contribution in [-0.2, 0) is 4.74 Å². The smallest absolute Gasteiger partial charge is 0.217 e. The van der Waals surface area contributed by atoms with Crippen molar-refractivity contribution in [1.82, 2.24) is 0 Å². The van der Waals surface area contributed by atoms with Crippen molar-refractivity contribution in [2.24, 2.45) is 4.99 Å². The zero-order valence-corrected chi connectivity index (χ0v) is 10.9. The molecule has 0 aliphatic carbocycles.